The zero-order valence-electron chi connectivity index (χ0n) is 13.8. The normalized spacial score (nSPS) is 31.4. The number of non-ortho nitro benzene ring substituents is 1. The van der Waals surface area contributed by atoms with Gasteiger partial charge in [0.15, 0.2) is 0 Å². The number of hydrogen-bond acceptors (Lipinski definition) is 6. The van der Waals surface area contributed by atoms with Crippen LogP contribution in [-0.2, 0) is 9.59 Å². The second kappa shape index (κ2) is 6.00. The molecule has 0 radical (unpaired) electrons. The highest BCUT2D eigenvalue weighted by Gasteiger charge is 2.60. The zero-order valence-corrected chi connectivity index (χ0v) is 13.8. The first-order chi connectivity index (χ1) is 12.4. The average Bonchev–Trinajstić information content (AvgIpc) is 3.31. The van der Waals surface area contributed by atoms with Gasteiger partial charge in [-0.1, -0.05) is 12.2 Å². The summed E-state index contributed by atoms with van der Waals surface area (Å²) < 4.78 is 0. The minimum Gasteiger partial charge on any atom is -0.394 e. The molecule has 1 aromatic carbocycles. The van der Waals surface area contributed by atoms with Crippen molar-refractivity contribution in [3.05, 3.63) is 52.1 Å². The van der Waals surface area contributed by atoms with Crippen molar-refractivity contribution in [3.63, 3.8) is 0 Å². The molecule has 0 aromatic heterocycles. The summed E-state index contributed by atoms with van der Waals surface area (Å²) in [5, 5.41) is 31.1. The van der Waals surface area contributed by atoms with Crippen molar-refractivity contribution in [2.45, 2.75) is 18.6 Å². The molecule has 0 spiro atoms. The van der Waals surface area contributed by atoms with Crippen molar-refractivity contribution in [2.24, 2.45) is 23.7 Å². The number of imide groups is 1. The smallest absolute Gasteiger partial charge is 0.269 e. The molecule has 3 aliphatic rings. The quantitative estimate of drug-likeness (QED) is 0.347. The van der Waals surface area contributed by atoms with Crippen molar-refractivity contribution in [2.75, 3.05) is 6.61 Å². The molecule has 2 amide bonds. The first-order valence-electron chi connectivity index (χ1n) is 8.52. The molecule has 6 atom stereocenters. The number of benzene rings is 1. The van der Waals surface area contributed by atoms with Crippen LogP contribution in [0.2, 0.25) is 0 Å². The molecular weight excluding hydrogens is 340 g/mol. The number of carbonyl (C=O) groups is 2. The van der Waals surface area contributed by atoms with Gasteiger partial charge in [-0.15, -0.1) is 0 Å². The third-order valence-corrected chi connectivity index (χ3v) is 5.83. The van der Waals surface area contributed by atoms with Gasteiger partial charge in [-0.05, 0) is 36.0 Å². The van der Waals surface area contributed by atoms with Crippen LogP contribution in [-0.4, -0.2) is 44.5 Å². The molecule has 2 N–H and O–H groups in total. The van der Waals surface area contributed by atoms with E-state index in [0.29, 0.717) is 5.56 Å². The Morgan fingerprint density at radius 3 is 2.12 bits per heavy atom. The number of nitro benzene ring substituents is 1. The van der Waals surface area contributed by atoms with E-state index in [0.717, 1.165) is 11.3 Å². The maximum absolute atomic E-state index is 12.8. The maximum Gasteiger partial charge on any atom is 0.269 e. The highest BCUT2D eigenvalue weighted by atomic mass is 16.6. The molecule has 2 bridgehead atoms. The number of amides is 2. The molecule has 1 aliphatic heterocycles. The number of nitro groups is 1. The number of hydrogen-bond donors (Lipinski definition) is 2. The highest BCUT2D eigenvalue weighted by Crippen LogP contribution is 2.53. The van der Waals surface area contributed by atoms with Crippen LogP contribution in [0.3, 0.4) is 0 Å². The molecule has 1 heterocycles. The number of rotatable bonds is 5. The second-order valence-corrected chi connectivity index (χ2v) is 7.09. The van der Waals surface area contributed by atoms with E-state index in [1.165, 1.54) is 24.3 Å². The van der Waals surface area contributed by atoms with Crippen molar-refractivity contribution < 1.29 is 24.7 Å². The molecule has 136 valence electrons. The molecule has 26 heavy (non-hydrogen) atoms. The molecule has 1 saturated heterocycles. The number of carbonyl (C=O) groups excluding carboxylic acids is 2. The molecular formula is C18H18N2O6. The van der Waals surface area contributed by atoms with E-state index in [4.69, 9.17) is 0 Å². The van der Waals surface area contributed by atoms with Gasteiger partial charge >= 0.3 is 0 Å². The van der Waals surface area contributed by atoms with E-state index < -0.39 is 35.5 Å². The van der Waals surface area contributed by atoms with Gasteiger partial charge in [-0.25, -0.2) is 0 Å². The summed E-state index contributed by atoms with van der Waals surface area (Å²) in [6.45, 7) is -0.585. The van der Waals surface area contributed by atoms with Gasteiger partial charge in [0.1, 0.15) is 6.10 Å². The van der Waals surface area contributed by atoms with Crippen molar-refractivity contribution in [3.8, 4) is 0 Å². The predicted octanol–water partition coefficient (Wildman–Crippen LogP) is 0.796. The van der Waals surface area contributed by atoms with Crippen LogP contribution >= 0.6 is 0 Å². The largest absolute Gasteiger partial charge is 0.394 e. The summed E-state index contributed by atoms with van der Waals surface area (Å²) >= 11 is 0. The minimum absolute atomic E-state index is 0.0438. The third-order valence-electron chi connectivity index (χ3n) is 5.83. The molecule has 2 fully saturated rings. The van der Waals surface area contributed by atoms with Crippen LogP contribution in [0.1, 0.15) is 18.1 Å². The molecule has 8 nitrogen and oxygen atoms in total. The Bertz CT molecular complexity index is 774. The molecule has 1 saturated carbocycles. The number of likely N-dealkylation sites (tertiary alicyclic amines) is 1. The average molecular weight is 358 g/mol. The summed E-state index contributed by atoms with van der Waals surface area (Å²) in [6, 6.07) is 4.09. The van der Waals surface area contributed by atoms with Crippen LogP contribution in [0.15, 0.2) is 36.4 Å². The standard InChI is InChI=1S/C18H18N2O6/c21-8-13(16(22)9-3-5-12(6-4-9)20(25)26)19-17(23)14-10-1-2-11(7-10)15(14)18(19)24/h1-6,10-11,13-16,21-22H,7-8H2/t10-,11-,13-,14-,15-,16+/m0/s1. The van der Waals surface area contributed by atoms with Gasteiger partial charge in [0, 0.05) is 12.1 Å². The van der Waals surface area contributed by atoms with Gasteiger partial charge < -0.3 is 10.2 Å². The topological polar surface area (TPSA) is 121 Å². The minimum atomic E-state index is -1.32. The maximum atomic E-state index is 12.8. The van der Waals surface area contributed by atoms with Crippen LogP contribution in [0, 0.1) is 33.8 Å². The lowest BCUT2D eigenvalue weighted by atomic mass is 9.85. The number of aliphatic hydroxyl groups excluding tert-OH is 2. The lowest BCUT2D eigenvalue weighted by molar-refractivity contribution is -0.384. The fourth-order valence-corrected chi connectivity index (χ4v) is 4.59. The number of nitrogens with zero attached hydrogens (tertiary/aromatic N) is 2. The highest BCUT2D eigenvalue weighted by molar-refractivity contribution is 6.06. The van der Waals surface area contributed by atoms with Gasteiger partial charge in [0.05, 0.1) is 29.4 Å². The number of aliphatic hydroxyl groups is 2. The zero-order chi connectivity index (χ0) is 18.6. The molecule has 1 aromatic rings. The van der Waals surface area contributed by atoms with Crippen molar-refractivity contribution in [1.29, 1.82) is 0 Å². The Morgan fingerprint density at radius 2 is 1.65 bits per heavy atom. The van der Waals surface area contributed by atoms with Crippen LogP contribution in [0.4, 0.5) is 5.69 Å². The van der Waals surface area contributed by atoms with E-state index in [1.807, 2.05) is 12.2 Å². The van der Waals surface area contributed by atoms with Gasteiger partial charge in [0.25, 0.3) is 5.69 Å². The molecule has 4 rings (SSSR count). The monoisotopic (exact) mass is 358 g/mol. The van der Waals surface area contributed by atoms with Crippen LogP contribution in [0.5, 0.6) is 0 Å². The lowest BCUT2D eigenvalue weighted by Crippen LogP contribution is -2.47. The summed E-state index contributed by atoms with van der Waals surface area (Å²) in [4.78, 5) is 36.8. The SMILES string of the molecule is O=C1[C@@H]2[C@@H](C(=O)N1[C@@H](CO)[C@H](O)c1ccc([N+](=O)[O-])cc1)[C@H]1C=C[C@H]2C1. The first-order valence-corrected chi connectivity index (χ1v) is 8.52. The fraction of sp³-hybridized carbons (Fsp3) is 0.444. The predicted molar refractivity (Wildman–Crippen MR) is 88.5 cm³/mol. The van der Waals surface area contributed by atoms with E-state index in [-0.39, 0.29) is 29.3 Å². The molecule has 2 aliphatic carbocycles. The fourth-order valence-electron chi connectivity index (χ4n) is 4.59. The lowest BCUT2D eigenvalue weighted by Gasteiger charge is -2.30. The Hall–Kier alpha value is -2.58. The van der Waals surface area contributed by atoms with Crippen LogP contribution in [0.25, 0.3) is 0 Å². The summed E-state index contributed by atoms with van der Waals surface area (Å²) in [5.74, 6) is -1.43. The van der Waals surface area contributed by atoms with Gasteiger partial charge in [-0.3, -0.25) is 24.6 Å². The number of allylic oxidation sites excluding steroid dienone is 2. The van der Waals surface area contributed by atoms with E-state index >= 15 is 0 Å². The van der Waals surface area contributed by atoms with E-state index in [9.17, 15) is 29.9 Å². The van der Waals surface area contributed by atoms with Crippen LogP contribution < -0.4 is 0 Å². The van der Waals surface area contributed by atoms with Crippen molar-refractivity contribution in [1.82, 2.24) is 4.90 Å². The Morgan fingerprint density at radius 1 is 1.12 bits per heavy atom. The molecule has 8 heteroatoms. The summed E-state index contributed by atoms with van der Waals surface area (Å²) in [7, 11) is 0. The summed E-state index contributed by atoms with van der Waals surface area (Å²) in [5.41, 5.74) is 0.167. The Balaban J connectivity index is 1.60. The first kappa shape index (κ1) is 16.9. The Kier molecular flexibility index (Phi) is 3.89. The van der Waals surface area contributed by atoms with Crippen molar-refractivity contribution >= 4 is 17.5 Å². The second-order valence-electron chi connectivity index (χ2n) is 7.09. The Labute approximate surface area is 148 Å². The molecule has 0 unspecified atom stereocenters. The van der Waals surface area contributed by atoms with Gasteiger partial charge in [-0.2, -0.15) is 0 Å². The third kappa shape index (κ3) is 2.29. The number of fused-ring (bicyclic) bond motifs is 5. The van der Waals surface area contributed by atoms with E-state index in [2.05, 4.69) is 0 Å². The van der Waals surface area contributed by atoms with Gasteiger partial charge in [0.2, 0.25) is 11.8 Å². The summed E-state index contributed by atoms with van der Waals surface area (Å²) in [6.07, 6.45) is 3.43. The van der Waals surface area contributed by atoms with E-state index in [1.54, 1.807) is 0 Å².